The summed E-state index contributed by atoms with van der Waals surface area (Å²) in [6, 6.07) is 0. The van der Waals surface area contributed by atoms with Crippen LogP contribution in [0.5, 0.6) is 0 Å². The highest BCUT2D eigenvalue weighted by atomic mass is 16.6. The van der Waals surface area contributed by atoms with Crippen molar-refractivity contribution in [3.8, 4) is 0 Å². The average molecular weight is 1090 g/mol. The van der Waals surface area contributed by atoms with Crippen molar-refractivity contribution in [1.29, 1.82) is 0 Å². The van der Waals surface area contributed by atoms with Crippen LogP contribution in [0.4, 0.5) is 0 Å². The second kappa shape index (κ2) is 66.6. The van der Waals surface area contributed by atoms with Crippen LogP contribution in [0.3, 0.4) is 0 Å². The number of ether oxygens (including phenoxy) is 3. The van der Waals surface area contributed by atoms with Crippen molar-refractivity contribution in [1.82, 2.24) is 0 Å². The fourth-order valence-electron chi connectivity index (χ4n) is 10.2. The zero-order valence-electron chi connectivity index (χ0n) is 52.2. The van der Waals surface area contributed by atoms with Gasteiger partial charge in [0.1, 0.15) is 13.2 Å². The Morgan fingerprint density at radius 2 is 0.526 bits per heavy atom. The number of hydrogen-bond donors (Lipinski definition) is 0. The summed E-state index contributed by atoms with van der Waals surface area (Å²) in [5.41, 5.74) is 0. The van der Waals surface area contributed by atoms with Crippen molar-refractivity contribution < 1.29 is 28.6 Å². The third-order valence-electron chi connectivity index (χ3n) is 15.3. The quantitative estimate of drug-likeness (QED) is 0.0261. The fraction of sp³-hybridized carbons (Fsp3) is 0.819. The van der Waals surface area contributed by atoms with E-state index < -0.39 is 6.10 Å². The topological polar surface area (TPSA) is 78.9 Å². The second-order valence-electron chi connectivity index (χ2n) is 23.1. The SMILES string of the molecule is CC/C=C\C/C=C\C/C=C\C/C=C\CCC(=O)OCC(COC(=O)CCCCCCCCCCCCCCCCC/C=C\CCCCCCCCCC)OC(=O)CCCCCCCCCCCCCCCCCCCCCC. The van der Waals surface area contributed by atoms with Crippen LogP contribution in [0.1, 0.15) is 361 Å². The molecule has 0 fully saturated rings. The average Bonchev–Trinajstić information content (AvgIpc) is 3.44. The molecule has 6 nitrogen and oxygen atoms in total. The van der Waals surface area contributed by atoms with Gasteiger partial charge in [0, 0.05) is 19.3 Å². The first kappa shape index (κ1) is 75.1. The Bertz CT molecular complexity index is 1390. The van der Waals surface area contributed by atoms with Crippen molar-refractivity contribution in [3.63, 3.8) is 0 Å². The molecule has 0 spiro atoms. The minimum atomic E-state index is -0.801. The summed E-state index contributed by atoms with van der Waals surface area (Å²) in [5, 5.41) is 0. The third-order valence-corrected chi connectivity index (χ3v) is 15.3. The van der Waals surface area contributed by atoms with E-state index in [1.54, 1.807) is 0 Å². The number of allylic oxidation sites excluding steroid dienone is 10. The summed E-state index contributed by atoms with van der Waals surface area (Å²) in [4.78, 5) is 38.3. The van der Waals surface area contributed by atoms with Gasteiger partial charge >= 0.3 is 17.9 Å². The Balaban J connectivity index is 4.25. The zero-order chi connectivity index (χ0) is 56.4. The molecule has 0 N–H and O–H groups in total. The van der Waals surface area contributed by atoms with Gasteiger partial charge in [-0.25, -0.2) is 0 Å². The van der Waals surface area contributed by atoms with Gasteiger partial charge in [-0.15, -0.1) is 0 Å². The minimum absolute atomic E-state index is 0.0920. The van der Waals surface area contributed by atoms with Gasteiger partial charge in [-0.1, -0.05) is 332 Å². The predicted molar refractivity (Wildman–Crippen MR) is 339 cm³/mol. The molecule has 0 aromatic carbocycles. The molecule has 1 unspecified atom stereocenters. The molecule has 6 heteroatoms. The molecule has 1 atom stereocenters. The maximum Gasteiger partial charge on any atom is 0.306 e. The van der Waals surface area contributed by atoms with E-state index >= 15 is 0 Å². The van der Waals surface area contributed by atoms with Gasteiger partial charge in [0.15, 0.2) is 6.10 Å². The lowest BCUT2D eigenvalue weighted by atomic mass is 10.0. The van der Waals surface area contributed by atoms with Crippen molar-refractivity contribution in [2.24, 2.45) is 0 Å². The number of carbonyl (C=O) groups excluding carboxylic acids is 3. The molecular weight excluding hydrogens is 961 g/mol. The van der Waals surface area contributed by atoms with Crippen LogP contribution in [-0.2, 0) is 28.6 Å². The molecule has 0 heterocycles. The van der Waals surface area contributed by atoms with Gasteiger partial charge in [0.05, 0.1) is 0 Å². The highest BCUT2D eigenvalue weighted by molar-refractivity contribution is 5.71. The number of hydrogen-bond acceptors (Lipinski definition) is 6. The number of rotatable bonds is 63. The van der Waals surface area contributed by atoms with E-state index in [-0.39, 0.29) is 37.5 Å². The normalized spacial score (nSPS) is 12.4. The van der Waals surface area contributed by atoms with Gasteiger partial charge < -0.3 is 14.2 Å². The summed E-state index contributed by atoms with van der Waals surface area (Å²) in [6.45, 7) is 6.52. The van der Waals surface area contributed by atoms with Crippen molar-refractivity contribution in [3.05, 3.63) is 60.8 Å². The number of esters is 3. The molecule has 0 aliphatic rings. The molecule has 0 saturated carbocycles. The van der Waals surface area contributed by atoms with Crippen LogP contribution >= 0.6 is 0 Å². The van der Waals surface area contributed by atoms with Crippen LogP contribution < -0.4 is 0 Å². The standard InChI is InChI=1S/C72H130O6/c1-4-7-10-13-16-19-22-25-27-29-31-33-34-35-36-37-38-39-41-42-44-47-50-53-56-59-62-65-71(74)77-68-69(67-76-70(73)64-61-58-55-52-49-46-24-21-18-15-12-9-6-3)78-72(75)66-63-60-57-54-51-48-45-43-40-32-30-28-26-23-20-17-14-11-8-5-2/h9,12,18,21,29,31,46,49,55,58,69H,4-8,10-11,13-17,19-20,22-28,30,32-45,47-48,50-54,56-57,59-68H2,1-3H3/b12-9-,21-18-,31-29-,49-46-,58-55-. The van der Waals surface area contributed by atoms with Gasteiger partial charge in [0.25, 0.3) is 0 Å². The lowest BCUT2D eigenvalue weighted by Crippen LogP contribution is -2.30. The molecule has 0 aromatic heterocycles. The first-order valence-corrected chi connectivity index (χ1v) is 34.3. The predicted octanol–water partition coefficient (Wildman–Crippen LogP) is 23.5. The van der Waals surface area contributed by atoms with Crippen molar-refractivity contribution in [2.45, 2.75) is 367 Å². The Kier molecular flexibility index (Phi) is 64.2. The van der Waals surface area contributed by atoms with Crippen LogP contribution in [0.25, 0.3) is 0 Å². The molecule has 454 valence electrons. The maximum absolute atomic E-state index is 12.9. The number of unbranched alkanes of at least 4 members (excludes halogenated alkanes) is 42. The monoisotopic (exact) mass is 1090 g/mol. The maximum atomic E-state index is 12.9. The Morgan fingerprint density at radius 3 is 0.859 bits per heavy atom. The molecule has 0 aliphatic heterocycles. The lowest BCUT2D eigenvalue weighted by Gasteiger charge is -2.18. The smallest absolute Gasteiger partial charge is 0.306 e. The second-order valence-corrected chi connectivity index (χ2v) is 23.1. The number of carbonyl (C=O) groups is 3. The molecule has 0 saturated heterocycles. The Morgan fingerprint density at radius 1 is 0.269 bits per heavy atom. The lowest BCUT2D eigenvalue weighted by molar-refractivity contribution is -0.166. The summed E-state index contributed by atoms with van der Waals surface area (Å²) in [6.07, 6.45) is 85.6. The molecular formula is C72H130O6. The van der Waals surface area contributed by atoms with Gasteiger partial charge in [-0.2, -0.15) is 0 Å². The summed E-state index contributed by atoms with van der Waals surface area (Å²) in [5.74, 6) is -0.955. The summed E-state index contributed by atoms with van der Waals surface area (Å²) in [7, 11) is 0. The first-order chi connectivity index (χ1) is 38.5. The van der Waals surface area contributed by atoms with Crippen LogP contribution in [0.15, 0.2) is 60.8 Å². The van der Waals surface area contributed by atoms with Crippen molar-refractivity contribution in [2.75, 3.05) is 13.2 Å². The highest BCUT2D eigenvalue weighted by Gasteiger charge is 2.19. The Labute approximate surface area is 485 Å². The minimum Gasteiger partial charge on any atom is -0.462 e. The molecule has 0 aliphatic carbocycles. The third kappa shape index (κ3) is 63.9. The van der Waals surface area contributed by atoms with Gasteiger partial charge in [-0.05, 0) is 70.6 Å². The zero-order valence-corrected chi connectivity index (χ0v) is 52.2. The van der Waals surface area contributed by atoms with Crippen LogP contribution in [0.2, 0.25) is 0 Å². The van der Waals surface area contributed by atoms with E-state index in [1.165, 1.54) is 250 Å². The fourth-order valence-corrected chi connectivity index (χ4v) is 10.2. The van der Waals surface area contributed by atoms with Crippen molar-refractivity contribution >= 4 is 17.9 Å². The van der Waals surface area contributed by atoms with E-state index in [2.05, 4.69) is 75.5 Å². The van der Waals surface area contributed by atoms with E-state index in [1.807, 2.05) is 6.08 Å². The van der Waals surface area contributed by atoms with Crippen LogP contribution in [0, 0.1) is 0 Å². The first-order valence-electron chi connectivity index (χ1n) is 34.3. The Hall–Kier alpha value is -2.89. The van der Waals surface area contributed by atoms with E-state index in [4.69, 9.17) is 14.2 Å². The highest BCUT2D eigenvalue weighted by Crippen LogP contribution is 2.18. The molecule has 78 heavy (non-hydrogen) atoms. The van der Waals surface area contributed by atoms with Gasteiger partial charge in [0.2, 0.25) is 0 Å². The molecule has 0 bridgehead atoms. The van der Waals surface area contributed by atoms with Crippen LogP contribution in [-0.4, -0.2) is 37.2 Å². The summed E-state index contributed by atoms with van der Waals surface area (Å²) < 4.78 is 16.9. The van der Waals surface area contributed by atoms with E-state index in [0.717, 1.165) is 64.2 Å². The van der Waals surface area contributed by atoms with E-state index in [9.17, 15) is 14.4 Å². The van der Waals surface area contributed by atoms with E-state index in [0.29, 0.717) is 19.3 Å². The van der Waals surface area contributed by atoms with Gasteiger partial charge in [-0.3, -0.25) is 14.4 Å². The molecule has 0 rings (SSSR count). The molecule has 0 aromatic rings. The molecule has 0 radical (unpaired) electrons. The summed E-state index contributed by atoms with van der Waals surface area (Å²) >= 11 is 0. The molecule has 0 amide bonds. The largest absolute Gasteiger partial charge is 0.462 e.